The number of likely N-dealkylation sites (tertiary alicyclic amines) is 1. The molecular formula is C10H20N2S. The molecule has 0 aromatic rings. The summed E-state index contributed by atoms with van der Waals surface area (Å²) < 4.78 is 0. The van der Waals surface area contributed by atoms with Gasteiger partial charge >= 0.3 is 0 Å². The van der Waals surface area contributed by atoms with E-state index in [4.69, 9.17) is 0 Å². The van der Waals surface area contributed by atoms with Gasteiger partial charge in [0.2, 0.25) is 0 Å². The Morgan fingerprint density at radius 2 is 2.23 bits per heavy atom. The van der Waals surface area contributed by atoms with Crippen molar-refractivity contribution >= 4 is 11.8 Å². The van der Waals surface area contributed by atoms with Crippen molar-refractivity contribution in [3.05, 3.63) is 0 Å². The molecule has 0 aromatic carbocycles. The second-order valence-corrected chi connectivity index (χ2v) is 5.25. The SMILES string of the molecule is CSCCN1CCC2CNCC2C1. The molecule has 0 radical (unpaired) electrons. The summed E-state index contributed by atoms with van der Waals surface area (Å²) in [5.41, 5.74) is 0. The number of hydrogen-bond donors (Lipinski definition) is 1. The second-order valence-electron chi connectivity index (χ2n) is 4.26. The van der Waals surface area contributed by atoms with Crippen LogP contribution >= 0.6 is 11.8 Å². The van der Waals surface area contributed by atoms with Gasteiger partial charge < -0.3 is 10.2 Å². The third kappa shape index (κ3) is 2.39. The predicted molar refractivity (Wildman–Crippen MR) is 59.3 cm³/mol. The fraction of sp³-hybridized carbons (Fsp3) is 1.00. The van der Waals surface area contributed by atoms with Crippen molar-refractivity contribution < 1.29 is 0 Å². The average Bonchev–Trinajstić information content (AvgIpc) is 2.61. The molecule has 3 heteroatoms. The lowest BCUT2D eigenvalue weighted by atomic mass is 9.89. The van der Waals surface area contributed by atoms with Crippen LogP contribution in [0.1, 0.15) is 6.42 Å². The van der Waals surface area contributed by atoms with Gasteiger partial charge in [-0.05, 0) is 44.1 Å². The lowest BCUT2D eigenvalue weighted by Gasteiger charge is -2.34. The van der Waals surface area contributed by atoms with Crippen LogP contribution in [-0.4, -0.2) is 49.6 Å². The van der Waals surface area contributed by atoms with E-state index in [1.54, 1.807) is 0 Å². The number of rotatable bonds is 3. The maximum atomic E-state index is 3.51. The van der Waals surface area contributed by atoms with Crippen LogP contribution in [-0.2, 0) is 0 Å². The molecule has 2 fully saturated rings. The highest BCUT2D eigenvalue weighted by Gasteiger charge is 2.32. The third-order valence-corrected chi connectivity index (χ3v) is 3.99. The van der Waals surface area contributed by atoms with Gasteiger partial charge in [-0.1, -0.05) is 0 Å². The molecule has 0 spiro atoms. The molecule has 2 nitrogen and oxygen atoms in total. The monoisotopic (exact) mass is 200 g/mol. The van der Waals surface area contributed by atoms with Gasteiger partial charge in [0.25, 0.3) is 0 Å². The molecule has 2 saturated heterocycles. The van der Waals surface area contributed by atoms with E-state index in [0.29, 0.717) is 0 Å². The van der Waals surface area contributed by atoms with Crippen molar-refractivity contribution in [2.45, 2.75) is 6.42 Å². The lowest BCUT2D eigenvalue weighted by molar-refractivity contribution is 0.157. The van der Waals surface area contributed by atoms with Gasteiger partial charge in [-0.3, -0.25) is 0 Å². The summed E-state index contributed by atoms with van der Waals surface area (Å²) in [4.78, 5) is 2.64. The molecule has 0 amide bonds. The molecule has 13 heavy (non-hydrogen) atoms. The van der Waals surface area contributed by atoms with Gasteiger partial charge in [-0.25, -0.2) is 0 Å². The van der Waals surface area contributed by atoms with Crippen LogP contribution in [0.25, 0.3) is 0 Å². The van der Waals surface area contributed by atoms with Gasteiger partial charge in [0, 0.05) is 18.8 Å². The van der Waals surface area contributed by atoms with Gasteiger partial charge in [-0.15, -0.1) is 0 Å². The summed E-state index contributed by atoms with van der Waals surface area (Å²) in [7, 11) is 0. The molecule has 0 aliphatic carbocycles. The topological polar surface area (TPSA) is 15.3 Å². The molecule has 2 atom stereocenters. The quantitative estimate of drug-likeness (QED) is 0.728. The molecule has 2 unspecified atom stereocenters. The first-order valence-corrected chi connectivity index (χ1v) is 6.71. The summed E-state index contributed by atoms with van der Waals surface area (Å²) in [5, 5.41) is 3.51. The van der Waals surface area contributed by atoms with Gasteiger partial charge in [0.15, 0.2) is 0 Å². The van der Waals surface area contributed by atoms with Crippen molar-refractivity contribution in [1.29, 1.82) is 0 Å². The minimum absolute atomic E-state index is 0.954. The first-order chi connectivity index (χ1) is 6.40. The van der Waals surface area contributed by atoms with E-state index in [2.05, 4.69) is 16.5 Å². The molecule has 0 aromatic heterocycles. The van der Waals surface area contributed by atoms with Crippen molar-refractivity contribution in [3.63, 3.8) is 0 Å². The number of nitrogens with zero attached hydrogens (tertiary/aromatic N) is 1. The second kappa shape index (κ2) is 4.67. The minimum atomic E-state index is 0.954. The average molecular weight is 200 g/mol. The van der Waals surface area contributed by atoms with E-state index >= 15 is 0 Å². The van der Waals surface area contributed by atoms with Crippen LogP contribution in [0, 0.1) is 11.8 Å². The van der Waals surface area contributed by atoms with Crippen LogP contribution in [0.5, 0.6) is 0 Å². The standard InChI is InChI=1S/C10H20N2S/c1-13-5-4-12-3-2-9-6-11-7-10(9)8-12/h9-11H,2-8H2,1H3. The zero-order valence-corrected chi connectivity index (χ0v) is 9.28. The smallest absolute Gasteiger partial charge is 0.00724 e. The summed E-state index contributed by atoms with van der Waals surface area (Å²) in [5.74, 6) is 3.24. The van der Waals surface area contributed by atoms with E-state index in [0.717, 1.165) is 11.8 Å². The van der Waals surface area contributed by atoms with Gasteiger partial charge in [-0.2, -0.15) is 11.8 Å². The zero-order valence-electron chi connectivity index (χ0n) is 8.46. The van der Waals surface area contributed by atoms with Crippen LogP contribution in [0.2, 0.25) is 0 Å². The van der Waals surface area contributed by atoms with E-state index in [-0.39, 0.29) is 0 Å². The Bertz CT molecular complexity index is 163. The number of nitrogens with one attached hydrogen (secondary N) is 1. The Kier molecular flexibility index (Phi) is 3.52. The molecule has 2 heterocycles. The maximum Gasteiger partial charge on any atom is 0.00724 e. The van der Waals surface area contributed by atoms with E-state index in [1.807, 2.05) is 11.8 Å². The number of fused-ring (bicyclic) bond motifs is 1. The van der Waals surface area contributed by atoms with Crippen LogP contribution in [0.15, 0.2) is 0 Å². The number of hydrogen-bond acceptors (Lipinski definition) is 3. The Labute approximate surface area is 85.4 Å². The first kappa shape index (κ1) is 9.81. The third-order valence-electron chi connectivity index (χ3n) is 3.40. The van der Waals surface area contributed by atoms with Crippen molar-refractivity contribution in [2.24, 2.45) is 11.8 Å². The van der Waals surface area contributed by atoms with Crippen LogP contribution in [0.4, 0.5) is 0 Å². The summed E-state index contributed by atoms with van der Waals surface area (Å²) in [6, 6.07) is 0. The molecule has 0 saturated carbocycles. The Balaban J connectivity index is 1.76. The molecule has 2 aliphatic rings. The molecule has 2 aliphatic heterocycles. The molecular weight excluding hydrogens is 180 g/mol. The normalized spacial score (nSPS) is 34.8. The lowest BCUT2D eigenvalue weighted by Crippen LogP contribution is -2.40. The largest absolute Gasteiger partial charge is 0.316 e. The predicted octanol–water partition coefficient (Wildman–Crippen LogP) is 0.891. The summed E-state index contributed by atoms with van der Waals surface area (Å²) >= 11 is 1.96. The Morgan fingerprint density at radius 1 is 1.38 bits per heavy atom. The first-order valence-electron chi connectivity index (χ1n) is 5.32. The highest BCUT2D eigenvalue weighted by molar-refractivity contribution is 7.98. The summed E-state index contributed by atoms with van der Waals surface area (Å²) in [6.45, 7) is 6.52. The van der Waals surface area contributed by atoms with Crippen molar-refractivity contribution in [3.8, 4) is 0 Å². The highest BCUT2D eigenvalue weighted by Crippen LogP contribution is 2.26. The fourth-order valence-corrected chi connectivity index (χ4v) is 2.97. The van der Waals surface area contributed by atoms with Crippen LogP contribution < -0.4 is 5.32 Å². The highest BCUT2D eigenvalue weighted by atomic mass is 32.2. The molecule has 0 bridgehead atoms. The van der Waals surface area contributed by atoms with E-state index in [9.17, 15) is 0 Å². The zero-order chi connectivity index (χ0) is 9.10. The minimum Gasteiger partial charge on any atom is -0.316 e. The maximum absolute atomic E-state index is 3.51. The Hall–Kier alpha value is 0.270. The fourth-order valence-electron chi connectivity index (χ4n) is 2.53. The molecule has 1 N–H and O–H groups in total. The Morgan fingerprint density at radius 3 is 3.08 bits per heavy atom. The van der Waals surface area contributed by atoms with E-state index in [1.165, 1.54) is 44.9 Å². The number of piperidine rings is 1. The number of thioether (sulfide) groups is 1. The summed E-state index contributed by atoms with van der Waals surface area (Å²) in [6.07, 6.45) is 3.62. The van der Waals surface area contributed by atoms with Gasteiger partial charge in [0.05, 0.1) is 0 Å². The molecule has 76 valence electrons. The van der Waals surface area contributed by atoms with Crippen LogP contribution in [0.3, 0.4) is 0 Å². The van der Waals surface area contributed by atoms with E-state index < -0.39 is 0 Å². The van der Waals surface area contributed by atoms with Crippen molar-refractivity contribution in [1.82, 2.24) is 10.2 Å². The van der Waals surface area contributed by atoms with Gasteiger partial charge in [0.1, 0.15) is 0 Å². The molecule has 2 rings (SSSR count). The van der Waals surface area contributed by atoms with Crippen molar-refractivity contribution in [2.75, 3.05) is 44.7 Å².